The van der Waals surface area contributed by atoms with E-state index in [-0.39, 0.29) is 18.1 Å². The second-order valence-corrected chi connectivity index (χ2v) is 8.05. The van der Waals surface area contributed by atoms with Gasteiger partial charge in [-0.3, -0.25) is 14.5 Å². The van der Waals surface area contributed by atoms with Gasteiger partial charge in [-0.1, -0.05) is 48.0 Å². The molecular formula is C23H27N2O3+. The Hall–Kier alpha value is -2.50. The topological polar surface area (TPSA) is 62.0 Å². The van der Waals surface area contributed by atoms with E-state index >= 15 is 0 Å². The Morgan fingerprint density at radius 3 is 2.46 bits per heavy atom. The summed E-state index contributed by atoms with van der Waals surface area (Å²) < 4.78 is 0. The highest BCUT2D eigenvalue weighted by Gasteiger charge is 2.51. The molecule has 1 amide bonds. The Morgan fingerprint density at radius 2 is 1.75 bits per heavy atom. The fourth-order valence-electron chi connectivity index (χ4n) is 4.34. The van der Waals surface area contributed by atoms with Gasteiger partial charge < -0.3 is 10.0 Å². The van der Waals surface area contributed by atoms with Crippen LogP contribution in [0.4, 0.5) is 5.69 Å². The molecule has 5 nitrogen and oxygen atoms in total. The number of nitrogens with zero attached hydrogens (tertiary/aromatic N) is 1. The minimum atomic E-state index is -1.80. The van der Waals surface area contributed by atoms with Crippen molar-refractivity contribution >= 4 is 17.4 Å². The largest absolute Gasteiger partial charge is 0.375 e. The highest BCUT2D eigenvalue weighted by Crippen LogP contribution is 2.42. The Morgan fingerprint density at radius 1 is 1.07 bits per heavy atom. The standard InChI is InChI=1S/C23H26N2O3/c1-17-9-11-18(12-10-17)21(26)15-23(28)19-7-3-4-8-20(19)25(22(23)27)16-24-13-5-2-6-14-24/h3-4,7-12,28H,2,5-6,13-16H2,1H3/p+1/t23-/m0/s1. The number of amides is 1. The van der Waals surface area contributed by atoms with Crippen molar-refractivity contribution in [2.24, 2.45) is 0 Å². The van der Waals surface area contributed by atoms with Gasteiger partial charge in [0.05, 0.1) is 25.2 Å². The normalized spacial score (nSPS) is 22.4. The first-order chi connectivity index (χ1) is 13.5. The predicted molar refractivity (Wildman–Crippen MR) is 107 cm³/mol. The van der Waals surface area contributed by atoms with E-state index in [4.69, 9.17) is 0 Å². The number of carbonyl (C=O) groups excluding carboxylic acids is 2. The lowest BCUT2D eigenvalue weighted by atomic mass is 9.88. The lowest BCUT2D eigenvalue weighted by molar-refractivity contribution is -0.903. The third-order valence-corrected chi connectivity index (χ3v) is 5.97. The zero-order valence-electron chi connectivity index (χ0n) is 16.3. The molecule has 28 heavy (non-hydrogen) atoms. The maximum absolute atomic E-state index is 13.3. The first-order valence-electron chi connectivity index (χ1n) is 10.1. The Balaban J connectivity index is 1.61. The van der Waals surface area contributed by atoms with Gasteiger partial charge in [-0.2, -0.15) is 0 Å². The zero-order chi connectivity index (χ0) is 19.7. The van der Waals surface area contributed by atoms with Crippen LogP contribution in [-0.4, -0.2) is 36.6 Å². The second-order valence-electron chi connectivity index (χ2n) is 8.05. The first kappa shape index (κ1) is 18.8. The SMILES string of the molecule is Cc1ccc(C(=O)C[C@@]2(O)C(=O)N(C[NH+]3CCCCC3)c3ccccc32)cc1. The fourth-order valence-corrected chi connectivity index (χ4v) is 4.34. The number of aryl methyl sites for hydroxylation is 1. The van der Waals surface area contributed by atoms with Gasteiger partial charge >= 0.3 is 0 Å². The van der Waals surface area contributed by atoms with Crippen LogP contribution in [0.25, 0.3) is 0 Å². The third kappa shape index (κ3) is 3.36. The van der Waals surface area contributed by atoms with Crippen LogP contribution in [0.2, 0.25) is 0 Å². The molecule has 5 heteroatoms. The highest BCUT2D eigenvalue weighted by molar-refractivity contribution is 6.10. The van der Waals surface area contributed by atoms with Gasteiger partial charge in [0.25, 0.3) is 5.91 Å². The number of rotatable bonds is 5. The number of hydrogen-bond acceptors (Lipinski definition) is 3. The van der Waals surface area contributed by atoms with Crippen molar-refractivity contribution in [2.75, 3.05) is 24.7 Å². The van der Waals surface area contributed by atoms with Crippen molar-refractivity contribution in [1.82, 2.24) is 0 Å². The maximum atomic E-state index is 13.3. The molecule has 2 aliphatic heterocycles. The fraction of sp³-hybridized carbons (Fsp3) is 0.391. The monoisotopic (exact) mass is 379 g/mol. The lowest BCUT2D eigenvalue weighted by Gasteiger charge is -2.29. The van der Waals surface area contributed by atoms with E-state index in [1.54, 1.807) is 23.1 Å². The van der Waals surface area contributed by atoms with Crippen LogP contribution in [-0.2, 0) is 10.4 Å². The molecule has 2 aromatic rings. The maximum Gasteiger partial charge on any atom is 0.268 e. The third-order valence-electron chi connectivity index (χ3n) is 5.97. The van der Waals surface area contributed by atoms with Crippen LogP contribution >= 0.6 is 0 Å². The lowest BCUT2D eigenvalue weighted by Crippen LogP contribution is -3.14. The van der Waals surface area contributed by atoms with Gasteiger partial charge in [0.2, 0.25) is 0 Å². The molecule has 2 aliphatic rings. The molecule has 0 saturated carbocycles. The number of quaternary nitrogens is 1. The van der Waals surface area contributed by atoms with E-state index in [0.29, 0.717) is 17.8 Å². The van der Waals surface area contributed by atoms with Gasteiger partial charge in [-0.25, -0.2) is 0 Å². The number of fused-ring (bicyclic) bond motifs is 1. The number of Topliss-reactive ketones (excluding diaryl/α,β-unsaturated/α-hetero) is 1. The quantitative estimate of drug-likeness (QED) is 0.779. The molecule has 2 heterocycles. The summed E-state index contributed by atoms with van der Waals surface area (Å²) in [6.45, 7) is 4.57. The minimum Gasteiger partial charge on any atom is -0.375 e. The van der Waals surface area contributed by atoms with Gasteiger partial charge in [0, 0.05) is 11.1 Å². The summed E-state index contributed by atoms with van der Waals surface area (Å²) in [6, 6.07) is 14.6. The number of aliphatic hydroxyl groups is 1. The van der Waals surface area contributed by atoms with E-state index < -0.39 is 5.60 Å². The van der Waals surface area contributed by atoms with Crippen LogP contribution in [0.1, 0.15) is 47.2 Å². The van der Waals surface area contributed by atoms with Crippen LogP contribution in [0.15, 0.2) is 48.5 Å². The molecule has 0 bridgehead atoms. The second kappa shape index (κ2) is 7.49. The molecule has 0 aromatic heterocycles. The van der Waals surface area contributed by atoms with Gasteiger partial charge in [-0.05, 0) is 32.3 Å². The van der Waals surface area contributed by atoms with Crippen LogP contribution in [0, 0.1) is 6.92 Å². The van der Waals surface area contributed by atoms with Crippen molar-refractivity contribution in [3.63, 3.8) is 0 Å². The number of anilines is 1. The van der Waals surface area contributed by atoms with Crippen molar-refractivity contribution in [1.29, 1.82) is 0 Å². The van der Waals surface area contributed by atoms with E-state index in [1.165, 1.54) is 11.3 Å². The molecule has 0 radical (unpaired) electrons. The molecule has 146 valence electrons. The number of ketones is 1. The summed E-state index contributed by atoms with van der Waals surface area (Å²) in [5.74, 6) is -0.606. The molecular weight excluding hydrogens is 352 g/mol. The Kier molecular flexibility index (Phi) is 5.04. The summed E-state index contributed by atoms with van der Waals surface area (Å²) in [4.78, 5) is 29.2. The van der Waals surface area contributed by atoms with Crippen LogP contribution in [0.3, 0.4) is 0 Å². The molecule has 0 aliphatic carbocycles. The molecule has 4 rings (SSSR count). The summed E-state index contributed by atoms with van der Waals surface area (Å²) in [5, 5.41) is 11.4. The number of likely N-dealkylation sites (tertiary alicyclic amines) is 1. The number of piperidine rings is 1. The summed E-state index contributed by atoms with van der Waals surface area (Å²) >= 11 is 0. The molecule has 2 aromatic carbocycles. The van der Waals surface area contributed by atoms with E-state index in [9.17, 15) is 14.7 Å². The molecule has 2 N–H and O–H groups in total. The van der Waals surface area contributed by atoms with Crippen LogP contribution in [0.5, 0.6) is 0 Å². The first-order valence-corrected chi connectivity index (χ1v) is 10.1. The molecule has 1 fully saturated rings. The van der Waals surface area contributed by atoms with E-state index in [2.05, 4.69) is 0 Å². The Labute approximate surface area is 165 Å². The number of benzene rings is 2. The van der Waals surface area contributed by atoms with Crippen molar-refractivity contribution in [3.8, 4) is 0 Å². The molecule has 0 spiro atoms. The molecule has 0 unspecified atom stereocenters. The van der Waals surface area contributed by atoms with Gasteiger partial charge in [0.15, 0.2) is 18.1 Å². The Bertz CT molecular complexity index is 887. The van der Waals surface area contributed by atoms with Gasteiger partial charge in [0.1, 0.15) is 0 Å². The average molecular weight is 379 g/mol. The summed E-state index contributed by atoms with van der Waals surface area (Å²) in [7, 11) is 0. The number of para-hydroxylation sites is 1. The number of hydrogen-bond donors (Lipinski definition) is 2. The number of carbonyl (C=O) groups is 2. The molecule has 1 saturated heterocycles. The summed E-state index contributed by atoms with van der Waals surface area (Å²) in [5.41, 5.74) is 1.05. The van der Waals surface area contributed by atoms with Gasteiger partial charge in [-0.15, -0.1) is 0 Å². The van der Waals surface area contributed by atoms with Crippen molar-refractivity contribution < 1.29 is 19.6 Å². The number of nitrogens with one attached hydrogen (secondary N) is 1. The smallest absolute Gasteiger partial charge is 0.268 e. The van der Waals surface area contributed by atoms with Crippen molar-refractivity contribution in [2.45, 2.75) is 38.2 Å². The van der Waals surface area contributed by atoms with Crippen molar-refractivity contribution in [3.05, 3.63) is 65.2 Å². The van der Waals surface area contributed by atoms with Crippen LogP contribution < -0.4 is 9.80 Å². The zero-order valence-corrected chi connectivity index (χ0v) is 16.3. The predicted octanol–water partition coefficient (Wildman–Crippen LogP) is 1.83. The van der Waals surface area contributed by atoms with E-state index in [1.807, 2.05) is 37.3 Å². The molecule has 1 atom stereocenters. The highest BCUT2D eigenvalue weighted by atomic mass is 16.3. The van der Waals surface area contributed by atoms with E-state index in [0.717, 1.165) is 37.2 Å². The summed E-state index contributed by atoms with van der Waals surface area (Å²) in [6.07, 6.45) is 3.32. The average Bonchev–Trinajstić information content (AvgIpc) is 2.91. The minimum absolute atomic E-state index is 0.224.